The number of aromatic nitrogens is 1. The number of carboxylic acid groups (broad SMARTS) is 1. The fraction of sp³-hybridized carbons (Fsp3) is 0.318. The summed E-state index contributed by atoms with van der Waals surface area (Å²) in [5, 5.41) is 11.3. The third-order valence-corrected chi connectivity index (χ3v) is 7.25. The van der Waals surface area contributed by atoms with Crippen molar-refractivity contribution in [3.63, 3.8) is 0 Å². The highest BCUT2D eigenvalue weighted by Gasteiger charge is 2.39. The molecule has 1 aliphatic carbocycles. The van der Waals surface area contributed by atoms with Crippen LogP contribution in [-0.2, 0) is 0 Å². The highest BCUT2D eigenvalue weighted by Crippen LogP contribution is 2.39. The highest BCUT2D eigenvalue weighted by molar-refractivity contribution is 7.16. The van der Waals surface area contributed by atoms with E-state index in [0.717, 1.165) is 23.8 Å². The molecule has 3 unspecified atom stereocenters. The van der Waals surface area contributed by atoms with Crippen molar-refractivity contribution in [2.24, 2.45) is 22.6 Å². The van der Waals surface area contributed by atoms with Crippen molar-refractivity contribution in [1.82, 2.24) is 4.40 Å². The van der Waals surface area contributed by atoms with Crippen LogP contribution in [0.15, 0.2) is 39.6 Å². The second kappa shape index (κ2) is 7.28. The number of hydrogen-bond donors (Lipinski definition) is 2. The SMILES string of the molecule is CN=Cc1c(N2CC3CC=CC(N)C3C2)c(F)cc2c(=O)c(C(=O)O)c3sccn3c12. The zero-order chi connectivity index (χ0) is 21.9. The number of aliphatic imine (C=N–C) groups is 1. The van der Waals surface area contributed by atoms with Gasteiger partial charge in [-0.3, -0.25) is 9.79 Å². The number of anilines is 1. The molecule has 1 aromatic carbocycles. The van der Waals surface area contributed by atoms with E-state index in [2.05, 4.69) is 11.1 Å². The second-order valence-electron chi connectivity index (χ2n) is 8.06. The molecule has 3 N–H and O–H groups in total. The molecule has 0 saturated carbocycles. The largest absolute Gasteiger partial charge is 0.477 e. The van der Waals surface area contributed by atoms with E-state index >= 15 is 4.39 Å². The first kappa shape index (κ1) is 19.9. The Bertz CT molecular complexity index is 1340. The first-order valence-electron chi connectivity index (χ1n) is 10.0. The predicted molar refractivity (Wildman–Crippen MR) is 120 cm³/mol. The molecule has 0 spiro atoms. The van der Waals surface area contributed by atoms with Gasteiger partial charge >= 0.3 is 5.97 Å². The Labute approximate surface area is 180 Å². The third kappa shape index (κ3) is 2.91. The first-order chi connectivity index (χ1) is 14.9. The van der Waals surface area contributed by atoms with Gasteiger partial charge in [0, 0.05) is 49.5 Å². The van der Waals surface area contributed by atoms with Gasteiger partial charge in [-0.2, -0.15) is 0 Å². The van der Waals surface area contributed by atoms with Gasteiger partial charge in [0.25, 0.3) is 0 Å². The number of thiazole rings is 1. The van der Waals surface area contributed by atoms with Crippen LogP contribution in [-0.4, -0.2) is 47.9 Å². The van der Waals surface area contributed by atoms with Gasteiger partial charge in [0.2, 0.25) is 5.43 Å². The van der Waals surface area contributed by atoms with Crippen molar-refractivity contribution in [2.45, 2.75) is 12.5 Å². The number of carbonyl (C=O) groups is 1. The van der Waals surface area contributed by atoms with Crippen LogP contribution in [0.3, 0.4) is 0 Å². The summed E-state index contributed by atoms with van der Waals surface area (Å²) in [6, 6.07) is 1.09. The molecule has 0 amide bonds. The maximum Gasteiger partial charge on any atom is 0.342 e. The smallest absolute Gasteiger partial charge is 0.342 e. The Morgan fingerprint density at radius 1 is 1.42 bits per heavy atom. The number of pyridine rings is 1. The van der Waals surface area contributed by atoms with Crippen molar-refractivity contribution in [2.75, 3.05) is 25.0 Å². The van der Waals surface area contributed by atoms with Crippen LogP contribution in [0.1, 0.15) is 22.3 Å². The maximum atomic E-state index is 15.5. The minimum atomic E-state index is -1.33. The van der Waals surface area contributed by atoms with Crippen LogP contribution in [0.2, 0.25) is 0 Å². The molecule has 3 heterocycles. The molecule has 7 nitrogen and oxygen atoms in total. The molecular formula is C22H21FN4O3S. The van der Waals surface area contributed by atoms with E-state index in [0.29, 0.717) is 40.6 Å². The Morgan fingerprint density at radius 3 is 2.94 bits per heavy atom. The molecule has 5 rings (SSSR count). The van der Waals surface area contributed by atoms with Gasteiger partial charge in [0.15, 0.2) is 0 Å². The monoisotopic (exact) mass is 440 g/mol. The van der Waals surface area contributed by atoms with Gasteiger partial charge in [-0.25, -0.2) is 9.18 Å². The van der Waals surface area contributed by atoms with E-state index in [4.69, 9.17) is 5.73 Å². The minimum Gasteiger partial charge on any atom is -0.477 e. The average Bonchev–Trinajstić information content (AvgIpc) is 3.36. The highest BCUT2D eigenvalue weighted by atomic mass is 32.1. The molecule has 0 bridgehead atoms. The summed E-state index contributed by atoms with van der Waals surface area (Å²) in [7, 11) is 1.59. The number of aromatic carboxylic acids is 1. The molecule has 2 aliphatic rings. The van der Waals surface area contributed by atoms with Crippen LogP contribution >= 0.6 is 11.3 Å². The normalized spacial score (nSPS) is 23.3. The molecule has 31 heavy (non-hydrogen) atoms. The van der Waals surface area contributed by atoms with Crippen molar-refractivity contribution in [1.29, 1.82) is 0 Å². The Hall–Kier alpha value is -3.04. The fourth-order valence-corrected chi connectivity index (χ4v) is 5.90. The van der Waals surface area contributed by atoms with Crippen LogP contribution < -0.4 is 16.1 Å². The number of fused-ring (bicyclic) bond motifs is 4. The number of rotatable bonds is 3. The quantitative estimate of drug-likeness (QED) is 0.482. The Kier molecular flexibility index (Phi) is 4.67. The number of hydrogen-bond acceptors (Lipinski definition) is 6. The summed E-state index contributed by atoms with van der Waals surface area (Å²) < 4.78 is 17.2. The molecule has 9 heteroatoms. The molecule has 2 aromatic heterocycles. The summed E-state index contributed by atoms with van der Waals surface area (Å²) in [5.74, 6) is -1.33. The van der Waals surface area contributed by atoms with Crippen LogP contribution in [0, 0.1) is 17.7 Å². The van der Waals surface area contributed by atoms with E-state index in [1.54, 1.807) is 29.2 Å². The second-order valence-corrected chi connectivity index (χ2v) is 8.96. The van der Waals surface area contributed by atoms with Gasteiger partial charge in [-0.05, 0) is 24.3 Å². The number of nitrogens with zero attached hydrogens (tertiary/aromatic N) is 3. The summed E-state index contributed by atoms with van der Waals surface area (Å²) in [4.78, 5) is 31.2. The lowest BCUT2D eigenvalue weighted by Crippen LogP contribution is -2.35. The molecule has 1 fully saturated rings. The molecule has 1 saturated heterocycles. The van der Waals surface area contributed by atoms with Crippen molar-refractivity contribution in [3.8, 4) is 0 Å². The van der Waals surface area contributed by atoms with Crippen molar-refractivity contribution < 1.29 is 14.3 Å². The Balaban J connectivity index is 1.81. The molecule has 0 radical (unpaired) electrons. The van der Waals surface area contributed by atoms with Crippen molar-refractivity contribution >= 4 is 44.9 Å². The summed E-state index contributed by atoms with van der Waals surface area (Å²) in [6.07, 6.45) is 8.24. The van der Waals surface area contributed by atoms with Gasteiger partial charge in [-0.15, -0.1) is 11.3 Å². The van der Waals surface area contributed by atoms with E-state index < -0.39 is 17.2 Å². The molecular weight excluding hydrogens is 419 g/mol. The standard InChI is InChI=1S/C22H21FN4O3S/c1-25-8-13-18-12(20(28)17(22(29)30)21-27(18)5-6-31-21)7-15(23)19(13)26-9-11-3-2-4-16(24)14(11)10-26/h2,4-8,11,14,16H,3,9-10,24H2,1H3,(H,29,30). The topological polar surface area (TPSA) is 100 Å². The maximum absolute atomic E-state index is 15.5. The summed E-state index contributed by atoms with van der Waals surface area (Å²) in [6.45, 7) is 1.27. The van der Waals surface area contributed by atoms with E-state index in [1.165, 1.54) is 0 Å². The zero-order valence-electron chi connectivity index (χ0n) is 16.8. The lowest BCUT2D eigenvalue weighted by atomic mass is 9.83. The van der Waals surface area contributed by atoms with Crippen LogP contribution in [0.5, 0.6) is 0 Å². The minimum absolute atomic E-state index is 0.0273. The number of benzene rings is 1. The van der Waals surface area contributed by atoms with Gasteiger partial charge in [0.1, 0.15) is 16.2 Å². The van der Waals surface area contributed by atoms with E-state index in [9.17, 15) is 14.7 Å². The lowest BCUT2D eigenvalue weighted by molar-refractivity contribution is 0.0697. The zero-order valence-corrected chi connectivity index (χ0v) is 17.6. The average molecular weight is 441 g/mol. The number of nitrogens with two attached hydrogens (primary N) is 1. The Morgan fingerprint density at radius 2 is 2.23 bits per heavy atom. The molecule has 1 aliphatic heterocycles. The van der Waals surface area contributed by atoms with Crippen molar-refractivity contribution in [3.05, 3.63) is 57.0 Å². The number of allylic oxidation sites excluding steroid dienone is 1. The summed E-state index contributed by atoms with van der Waals surface area (Å²) in [5.41, 5.74) is 6.55. The summed E-state index contributed by atoms with van der Waals surface area (Å²) >= 11 is 1.16. The molecule has 160 valence electrons. The lowest BCUT2D eigenvalue weighted by Gasteiger charge is -2.25. The molecule has 3 atom stereocenters. The van der Waals surface area contributed by atoms with Gasteiger partial charge in [0.05, 0.1) is 16.6 Å². The first-order valence-corrected chi connectivity index (χ1v) is 10.9. The molecule has 3 aromatic rings. The van der Waals surface area contributed by atoms with Crippen LogP contribution in [0.25, 0.3) is 15.7 Å². The third-order valence-electron chi connectivity index (χ3n) is 6.37. The van der Waals surface area contributed by atoms with Crippen LogP contribution in [0.4, 0.5) is 10.1 Å². The number of carboxylic acids is 1. The number of halogens is 1. The van der Waals surface area contributed by atoms with E-state index in [1.807, 2.05) is 11.0 Å². The van der Waals surface area contributed by atoms with Gasteiger partial charge < -0.3 is 20.1 Å². The fourth-order valence-electron chi connectivity index (χ4n) is 5.03. The van der Waals surface area contributed by atoms with E-state index in [-0.39, 0.29) is 22.9 Å². The van der Waals surface area contributed by atoms with Gasteiger partial charge in [-0.1, -0.05) is 12.2 Å². The predicted octanol–water partition coefficient (Wildman–Crippen LogP) is 2.74.